The molecule has 0 radical (unpaired) electrons. The number of ether oxygens (including phenoxy) is 2. The molecular formula is C24H23N3O4S. The lowest BCUT2D eigenvalue weighted by molar-refractivity contribution is -0.142. The Balaban J connectivity index is 1.81. The van der Waals surface area contributed by atoms with Crippen molar-refractivity contribution in [3.63, 3.8) is 0 Å². The molecule has 0 saturated heterocycles. The monoisotopic (exact) mass is 449 g/mol. The zero-order valence-electron chi connectivity index (χ0n) is 17.9. The van der Waals surface area contributed by atoms with Gasteiger partial charge in [0.2, 0.25) is 5.91 Å². The quantitative estimate of drug-likeness (QED) is 0.357. The van der Waals surface area contributed by atoms with Crippen molar-refractivity contribution in [2.24, 2.45) is 0 Å². The van der Waals surface area contributed by atoms with Gasteiger partial charge in [-0.3, -0.25) is 9.59 Å². The van der Waals surface area contributed by atoms with Crippen molar-refractivity contribution < 1.29 is 19.1 Å². The number of anilines is 1. The molecule has 0 aliphatic rings. The van der Waals surface area contributed by atoms with E-state index in [9.17, 15) is 14.9 Å². The molecule has 7 nitrogen and oxygen atoms in total. The molecule has 1 amide bonds. The summed E-state index contributed by atoms with van der Waals surface area (Å²) in [5.74, 6) is -0.0507. The lowest BCUT2D eigenvalue weighted by Crippen LogP contribution is -2.37. The minimum Gasteiger partial charge on any atom is -0.494 e. The van der Waals surface area contributed by atoms with E-state index >= 15 is 0 Å². The molecule has 0 bridgehead atoms. The molecule has 0 unspecified atom stereocenters. The first-order chi connectivity index (χ1) is 15.5. The first-order valence-corrected chi connectivity index (χ1v) is 11.2. The van der Waals surface area contributed by atoms with Crippen molar-refractivity contribution >= 4 is 40.2 Å². The molecule has 3 rings (SSSR count). The number of fused-ring (bicyclic) bond motifs is 1. The van der Waals surface area contributed by atoms with Crippen molar-refractivity contribution in [3.05, 3.63) is 60.2 Å². The van der Waals surface area contributed by atoms with Crippen LogP contribution >= 0.6 is 11.8 Å². The predicted molar refractivity (Wildman–Crippen MR) is 124 cm³/mol. The van der Waals surface area contributed by atoms with Crippen molar-refractivity contribution in [1.29, 1.82) is 5.26 Å². The molecule has 0 atom stereocenters. The Kier molecular flexibility index (Phi) is 8.06. The first kappa shape index (κ1) is 23.1. The molecule has 32 heavy (non-hydrogen) atoms. The first-order valence-electron chi connectivity index (χ1n) is 10.2. The summed E-state index contributed by atoms with van der Waals surface area (Å²) in [6.45, 7) is 4.22. The van der Waals surface area contributed by atoms with Gasteiger partial charge in [-0.25, -0.2) is 4.98 Å². The van der Waals surface area contributed by atoms with Crippen LogP contribution in [0.1, 0.15) is 19.4 Å². The normalized spacial score (nSPS) is 10.4. The molecule has 164 valence electrons. The van der Waals surface area contributed by atoms with Crippen molar-refractivity contribution in [1.82, 2.24) is 4.98 Å². The average Bonchev–Trinajstić information content (AvgIpc) is 2.81. The van der Waals surface area contributed by atoms with Gasteiger partial charge in [0.25, 0.3) is 0 Å². The van der Waals surface area contributed by atoms with Gasteiger partial charge in [0.15, 0.2) is 0 Å². The second kappa shape index (κ2) is 11.2. The number of carbonyl (C=O) groups is 2. The summed E-state index contributed by atoms with van der Waals surface area (Å²) in [7, 11) is 0. The van der Waals surface area contributed by atoms with Crippen LogP contribution in [0.2, 0.25) is 0 Å². The standard InChI is InChI=1S/C24H23N3O4S/c1-3-30-20-10-11-21-17(13-20)12-18(14-25)24(26-21)32-16-22(28)27(15-23(29)31-4-2)19-8-6-5-7-9-19/h5-13H,3-4,15-16H2,1-2H3. The van der Waals surface area contributed by atoms with Gasteiger partial charge in [0.1, 0.15) is 23.4 Å². The number of benzene rings is 2. The minimum atomic E-state index is -0.485. The number of aromatic nitrogens is 1. The fourth-order valence-corrected chi connectivity index (χ4v) is 3.90. The molecule has 3 aromatic rings. The maximum Gasteiger partial charge on any atom is 0.326 e. The summed E-state index contributed by atoms with van der Waals surface area (Å²) in [5, 5.41) is 10.8. The number of hydrogen-bond donors (Lipinski definition) is 0. The summed E-state index contributed by atoms with van der Waals surface area (Å²) in [5.41, 5.74) is 1.68. The van der Waals surface area contributed by atoms with E-state index in [1.165, 1.54) is 4.90 Å². The van der Waals surface area contributed by atoms with E-state index in [2.05, 4.69) is 11.1 Å². The summed E-state index contributed by atoms with van der Waals surface area (Å²) < 4.78 is 10.5. The van der Waals surface area contributed by atoms with Crippen LogP contribution in [-0.2, 0) is 14.3 Å². The number of thioether (sulfide) groups is 1. The third-order valence-electron chi connectivity index (χ3n) is 4.48. The van der Waals surface area contributed by atoms with Crippen LogP contribution in [0.15, 0.2) is 59.6 Å². The molecule has 1 aromatic heterocycles. The van der Waals surface area contributed by atoms with Gasteiger partial charge in [0.05, 0.1) is 30.0 Å². The Morgan fingerprint density at radius 2 is 1.88 bits per heavy atom. The van der Waals surface area contributed by atoms with E-state index < -0.39 is 5.97 Å². The van der Waals surface area contributed by atoms with Crippen LogP contribution in [0.25, 0.3) is 10.9 Å². The van der Waals surface area contributed by atoms with E-state index in [4.69, 9.17) is 9.47 Å². The van der Waals surface area contributed by atoms with Crippen molar-refractivity contribution in [2.75, 3.05) is 30.4 Å². The van der Waals surface area contributed by atoms with Gasteiger partial charge in [-0.15, -0.1) is 0 Å². The Hall–Kier alpha value is -3.57. The number of pyridine rings is 1. The summed E-state index contributed by atoms with van der Waals surface area (Å²) in [4.78, 5) is 31.0. The number of para-hydroxylation sites is 1. The largest absolute Gasteiger partial charge is 0.494 e. The van der Waals surface area contributed by atoms with Crippen LogP contribution in [0.3, 0.4) is 0 Å². The minimum absolute atomic E-state index is 0.0124. The van der Waals surface area contributed by atoms with Crippen LogP contribution in [0.4, 0.5) is 5.69 Å². The number of hydrogen-bond acceptors (Lipinski definition) is 7. The van der Waals surface area contributed by atoms with Crippen LogP contribution < -0.4 is 9.64 Å². The van der Waals surface area contributed by atoms with E-state index in [-0.39, 0.29) is 24.8 Å². The van der Waals surface area contributed by atoms with Gasteiger partial charge in [-0.05, 0) is 50.2 Å². The molecule has 0 N–H and O–H groups in total. The number of nitriles is 1. The maximum atomic E-state index is 13.0. The highest BCUT2D eigenvalue weighted by atomic mass is 32.2. The van der Waals surface area contributed by atoms with E-state index in [0.29, 0.717) is 34.1 Å². The highest BCUT2D eigenvalue weighted by Gasteiger charge is 2.21. The summed E-state index contributed by atoms with van der Waals surface area (Å²) in [6.07, 6.45) is 0. The van der Waals surface area contributed by atoms with E-state index in [1.807, 2.05) is 31.2 Å². The fourth-order valence-electron chi connectivity index (χ4n) is 3.06. The Bertz CT molecular complexity index is 1150. The third-order valence-corrected chi connectivity index (χ3v) is 5.45. The number of nitrogens with zero attached hydrogens (tertiary/aromatic N) is 3. The molecule has 8 heteroatoms. The lowest BCUT2D eigenvalue weighted by atomic mass is 10.1. The molecule has 1 heterocycles. The van der Waals surface area contributed by atoms with Gasteiger partial charge in [-0.2, -0.15) is 5.26 Å². The maximum absolute atomic E-state index is 13.0. The zero-order valence-corrected chi connectivity index (χ0v) is 18.7. The molecular weight excluding hydrogens is 426 g/mol. The lowest BCUT2D eigenvalue weighted by Gasteiger charge is -2.21. The number of carbonyl (C=O) groups excluding carboxylic acids is 2. The van der Waals surface area contributed by atoms with Crippen LogP contribution in [0.5, 0.6) is 5.75 Å². The van der Waals surface area contributed by atoms with Crippen molar-refractivity contribution in [2.45, 2.75) is 18.9 Å². The smallest absolute Gasteiger partial charge is 0.326 e. The number of amides is 1. The number of rotatable bonds is 9. The summed E-state index contributed by atoms with van der Waals surface area (Å²) in [6, 6.07) is 18.3. The Morgan fingerprint density at radius 1 is 1.09 bits per heavy atom. The van der Waals surface area contributed by atoms with Gasteiger partial charge >= 0.3 is 5.97 Å². The predicted octanol–water partition coefficient (Wildman–Crippen LogP) is 4.19. The van der Waals surface area contributed by atoms with Gasteiger partial charge < -0.3 is 14.4 Å². The molecule has 0 aliphatic heterocycles. The zero-order chi connectivity index (χ0) is 22.9. The SMILES string of the molecule is CCOC(=O)CN(C(=O)CSc1nc2ccc(OCC)cc2cc1C#N)c1ccccc1. The van der Waals surface area contributed by atoms with E-state index in [1.54, 1.807) is 37.3 Å². The summed E-state index contributed by atoms with van der Waals surface area (Å²) >= 11 is 1.16. The van der Waals surface area contributed by atoms with Crippen LogP contribution in [0, 0.1) is 11.3 Å². The average molecular weight is 450 g/mol. The second-order valence-corrected chi connectivity index (χ2v) is 7.61. The molecule has 0 spiro atoms. The molecule has 0 aliphatic carbocycles. The van der Waals surface area contributed by atoms with Gasteiger partial charge in [0, 0.05) is 11.1 Å². The third kappa shape index (κ3) is 5.77. The molecule has 0 fully saturated rings. The topological polar surface area (TPSA) is 92.5 Å². The molecule has 2 aromatic carbocycles. The fraction of sp³-hybridized carbons (Fsp3) is 0.250. The molecule has 0 saturated carbocycles. The number of esters is 1. The van der Waals surface area contributed by atoms with E-state index in [0.717, 1.165) is 17.1 Å². The van der Waals surface area contributed by atoms with Crippen LogP contribution in [-0.4, -0.2) is 42.4 Å². The van der Waals surface area contributed by atoms with Gasteiger partial charge in [-0.1, -0.05) is 30.0 Å². The Labute approximate surface area is 190 Å². The second-order valence-electron chi connectivity index (χ2n) is 6.65. The van der Waals surface area contributed by atoms with Crippen molar-refractivity contribution in [3.8, 4) is 11.8 Å². The Morgan fingerprint density at radius 3 is 2.56 bits per heavy atom. The highest BCUT2D eigenvalue weighted by molar-refractivity contribution is 8.00. The highest BCUT2D eigenvalue weighted by Crippen LogP contribution is 2.28.